The summed E-state index contributed by atoms with van der Waals surface area (Å²) in [5.41, 5.74) is 1.11. The Morgan fingerprint density at radius 2 is 1.91 bits per heavy atom. The lowest BCUT2D eigenvalue weighted by Gasteiger charge is -2.36. The highest BCUT2D eigenvalue weighted by Gasteiger charge is 2.31. The maximum absolute atomic E-state index is 13.6. The van der Waals surface area contributed by atoms with Crippen LogP contribution in [0.15, 0.2) is 30.6 Å². The second-order valence-electron chi connectivity index (χ2n) is 7.97. The van der Waals surface area contributed by atoms with Gasteiger partial charge in [0.15, 0.2) is 0 Å². The van der Waals surface area contributed by atoms with Crippen molar-refractivity contribution in [1.82, 2.24) is 14.7 Å². The van der Waals surface area contributed by atoms with Crippen LogP contribution in [0.25, 0.3) is 0 Å². The van der Waals surface area contributed by atoms with Crippen molar-refractivity contribution in [2.24, 2.45) is 0 Å². The van der Waals surface area contributed by atoms with E-state index in [2.05, 4.69) is 5.10 Å². The molecule has 1 unspecified atom stereocenters. The third kappa shape index (κ3) is 5.09. The van der Waals surface area contributed by atoms with Crippen LogP contribution in [-0.2, 0) is 16.1 Å². The molecule has 1 aliphatic rings. The fourth-order valence-corrected chi connectivity index (χ4v) is 4.12. The Hall–Kier alpha value is -3.36. The number of methoxy groups -OCH3 is 2. The molecule has 172 valence electrons. The van der Waals surface area contributed by atoms with Crippen molar-refractivity contribution in [2.45, 2.75) is 57.7 Å². The zero-order chi connectivity index (χ0) is 23.3. The second kappa shape index (κ2) is 10.3. The lowest BCUT2D eigenvalue weighted by Crippen LogP contribution is -2.44. The topological polar surface area (TPSA) is 111 Å². The van der Waals surface area contributed by atoms with Gasteiger partial charge in [0.05, 0.1) is 31.5 Å². The van der Waals surface area contributed by atoms with Crippen molar-refractivity contribution >= 4 is 17.8 Å². The third-order valence-corrected chi connectivity index (χ3v) is 5.94. The monoisotopic (exact) mass is 443 g/mol. The summed E-state index contributed by atoms with van der Waals surface area (Å²) in [5, 5.41) is 13.3. The minimum Gasteiger partial charge on any atom is -0.496 e. The first-order valence-corrected chi connectivity index (χ1v) is 10.7. The van der Waals surface area contributed by atoms with Crippen LogP contribution in [0.5, 0.6) is 5.75 Å². The highest BCUT2D eigenvalue weighted by molar-refractivity contribution is 5.90. The Morgan fingerprint density at radius 1 is 1.19 bits per heavy atom. The number of amides is 1. The van der Waals surface area contributed by atoms with Crippen LogP contribution in [0.4, 0.5) is 0 Å². The smallest absolute Gasteiger partial charge is 0.338 e. The lowest BCUT2D eigenvalue weighted by atomic mass is 9.93. The van der Waals surface area contributed by atoms with Crippen molar-refractivity contribution in [1.29, 1.82) is 0 Å². The molecule has 0 bridgehead atoms. The van der Waals surface area contributed by atoms with Crippen LogP contribution in [-0.4, -0.2) is 57.9 Å². The van der Waals surface area contributed by atoms with E-state index in [4.69, 9.17) is 9.47 Å². The number of carboxylic acids is 1. The Bertz CT molecular complexity index is 980. The summed E-state index contributed by atoms with van der Waals surface area (Å²) in [6, 6.07) is 4.37. The predicted octanol–water partition coefficient (Wildman–Crippen LogP) is 3.30. The number of aromatic nitrogens is 2. The quantitative estimate of drug-likeness (QED) is 0.623. The first-order chi connectivity index (χ1) is 15.3. The van der Waals surface area contributed by atoms with E-state index in [0.717, 1.165) is 32.1 Å². The maximum atomic E-state index is 13.6. The number of ether oxygens (including phenoxy) is 2. The summed E-state index contributed by atoms with van der Waals surface area (Å²) >= 11 is 0. The molecule has 2 aromatic rings. The van der Waals surface area contributed by atoms with E-state index in [1.807, 2.05) is 4.90 Å². The normalized spacial score (nSPS) is 15.1. The Balaban J connectivity index is 1.93. The first kappa shape index (κ1) is 23.3. The molecule has 32 heavy (non-hydrogen) atoms. The van der Waals surface area contributed by atoms with Crippen molar-refractivity contribution in [3.8, 4) is 5.75 Å². The molecule has 0 saturated heterocycles. The molecular formula is C23H29N3O6. The standard InChI is InChI=1S/C23H29N3O6/c1-15(26-14-18(12-24-26)22(28)29)21(27)25(19-7-5-4-6-8-19)13-17-11-16(23(30)32-3)9-10-20(17)31-2/h9-12,14-15,19H,4-8,13H2,1-3H3,(H,28,29). The van der Waals surface area contributed by atoms with Gasteiger partial charge in [-0.15, -0.1) is 0 Å². The number of nitrogens with zero attached hydrogens (tertiary/aromatic N) is 3. The summed E-state index contributed by atoms with van der Waals surface area (Å²) in [4.78, 5) is 38.6. The summed E-state index contributed by atoms with van der Waals surface area (Å²) in [6.45, 7) is 1.97. The molecule has 1 aliphatic carbocycles. The molecule has 1 aromatic heterocycles. The van der Waals surface area contributed by atoms with Gasteiger partial charge in [-0.1, -0.05) is 19.3 Å². The Kier molecular flexibility index (Phi) is 7.50. The molecule has 1 fully saturated rings. The van der Waals surface area contributed by atoms with Crippen LogP contribution < -0.4 is 4.74 Å². The van der Waals surface area contributed by atoms with Gasteiger partial charge in [-0.2, -0.15) is 5.10 Å². The largest absolute Gasteiger partial charge is 0.496 e. The van der Waals surface area contributed by atoms with E-state index < -0.39 is 18.0 Å². The number of carbonyl (C=O) groups is 3. The molecule has 9 heteroatoms. The Morgan fingerprint density at radius 3 is 2.50 bits per heavy atom. The van der Waals surface area contributed by atoms with Crippen molar-refractivity contribution in [3.63, 3.8) is 0 Å². The molecule has 0 radical (unpaired) electrons. The number of esters is 1. The molecule has 1 atom stereocenters. The highest BCUT2D eigenvalue weighted by atomic mass is 16.5. The minimum absolute atomic E-state index is 0.0290. The van der Waals surface area contributed by atoms with Gasteiger partial charge >= 0.3 is 11.9 Å². The predicted molar refractivity (Wildman–Crippen MR) is 116 cm³/mol. The van der Waals surface area contributed by atoms with E-state index in [1.54, 1.807) is 32.2 Å². The van der Waals surface area contributed by atoms with Crippen molar-refractivity contribution in [2.75, 3.05) is 14.2 Å². The van der Waals surface area contributed by atoms with Crippen LogP contribution >= 0.6 is 0 Å². The Labute approximate surface area is 186 Å². The highest BCUT2D eigenvalue weighted by Crippen LogP contribution is 2.29. The molecule has 1 N–H and O–H groups in total. The summed E-state index contributed by atoms with van der Waals surface area (Å²) in [6.07, 6.45) is 7.58. The molecule has 0 spiro atoms. The number of carbonyl (C=O) groups excluding carboxylic acids is 2. The van der Waals surface area contributed by atoms with Gasteiger partial charge in [0.25, 0.3) is 0 Å². The van der Waals surface area contributed by atoms with Gasteiger partial charge in [0.1, 0.15) is 11.8 Å². The molecule has 0 aliphatic heterocycles. The van der Waals surface area contributed by atoms with Crippen LogP contribution in [0.2, 0.25) is 0 Å². The molecule has 9 nitrogen and oxygen atoms in total. The molecule has 1 aromatic carbocycles. The van der Waals surface area contributed by atoms with Crippen LogP contribution in [0.3, 0.4) is 0 Å². The van der Waals surface area contributed by atoms with Gasteiger partial charge in [-0.3, -0.25) is 9.48 Å². The van der Waals surface area contributed by atoms with E-state index in [-0.39, 0.29) is 24.1 Å². The summed E-state index contributed by atoms with van der Waals surface area (Å²) in [7, 11) is 2.87. The number of rotatable bonds is 8. The fourth-order valence-electron chi connectivity index (χ4n) is 4.12. The minimum atomic E-state index is -1.09. The molecule has 1 heterocycles. The number of aromatic carboxylic acids is 1. The van der Waals surface area contributed by atoms with Gasteiger partial charge in [0, 0.05) is 24.3 Å². The second-order valence-corrected chi connectivity index (χ2v) is 7.97. The van der Waals surface area contributed by atoms with Crippen LogP contribution in [0.1, 0.15) is 71.3 Å². The van der Waals surface area contributed by atoms with E-state index in [0.29, 0.717) is 16.9 Å². The van der Waals surface area contributed by atoms with Gasteiger partial charge in [-0.05, 0) is 38.0 Å². The molecule has 1 saturated carbocycles. The summed E-state index contributed by atoms with van der Waals surface area (Å²) < 4.78 is 11.7. The maximum Gasteiger partial charge on any atom is 0.338 e. The number of carboxylic acid groups (broad SMARTS) is 1. The third-order valence-electron chi connectivity index (χ3n) is 5.94. The number of benzene rings is 1. The zero-order valence-electron chi connectivity index (χ0n) is 18.6. The molecule has 3 rings (SSSR count). The van der Waals surface area contributed by atoms with Gasteiger partial charge < -0.3 is 19.5 Å². The van der Waals surface area contributed by atoms with Crippen molar-refractivity contribution in [3.05, 3.63) is 47.3 Å². The zero-order valence-corrected chi connectivity index (χ0v) is 18.6. The number of hydrogen-bond acceptors (Lipinski definition) is 6. The SMILES string of the molecule is COC(=O)c1ccc(OC)c(CN(C(=O)C(C)n2cc(C(=O)O)cn2)C2CCCCC2)c1. The molecule has 1 amide bonds. The van der Waals surface area contributed by atoms with E-state index >= 15 is 0 Å². The summed E-state index contributed by atoms with van der Waals surface area (Å²) in [5.74, 6) is -1.14. The first-order valence-electron chi connectivity index (χ1n) is 10.7. The van der Waals surface area contributed by atoms with Gasteiger partial charge in [-0.25, -0.2) is 9.59 Å². The van der Waals surface area contributed by atoms with Gasteiger partial charge in [0.2, 0.25) is 5.91 Å². The lowest BCUT2D eigenvalue weighted by molar-refractivity contribution is -0.138. The average molecular weight is 444 g/mol. The average Bonchev–Trinajstić information content (AvgIpc) is 3.32. The number of hydrogen-bond donors (Lipinski definition) is 1. The van der Waals surface area contributed by atoms with Crippen LogP contribution in [0, 0.1) is 0 Å². The van der Waals surface area contributed by atoms with E-state index in [9.17, 15) is 19.5 Å². The molecular weight excluding hydrogens is 414 g/mol. The van der Waals surface area contributed by atoms with E-state index in [1.165, 1.54) is 24.2 Å². The fraction of sp³-hybridized carbons (Fsp3) is 0.478. The van der Waals surface area contributed by atoms with Crippen molar-refractivity contribution < 1.29 is 29.0 Å².